The number of amides is 1. The molecule has 3 heteroatoms. The second kappa shape index (κ2) is 5.10. The molecule has 0 aliphatic carbocycles. The molecule has 0 fully saturated rings. The van der Waals surface area contributed by atoms with Gasteiger partial charge in [-0.3, -0.25) is 4.79 Å². The van der Waals surface area contributed by atoms with Gasteiger partial charge in [-0.25, -0.2) is 0 Å². The van der Waals surface area contributed by atoms with E-state index in [-0.39, 0.29) is 18.4 Å². The van der Waals surface area contributed by atoms with Gasteiger partial charge in [0.2, 0.25) is 0 Å². The van der Waals surface area contributed by atoms with Crippen LogP contribution in [-0.4, -0.2) is 17.6 Å². The van der Waals surface area contributed by atoms with Gasteiger partial charge in [-0.1, -0.05) is 37.3 Å². The van der Waals surface area contributed by atoms with E-state index in [0.717, 1.165) is 22.4 Å². The molecule has 2 aromatic carbocycles. The first-order valence-corrected chi connectivity index (χ1v) is 6.81. The van der Waals surface area contributed by atoms with Crippen molar-refractivity contribution in [3.63, 3.8) is 0 Å². The van der Waals surface area contributed by atoms with Gasteiger partial charge in [-0.05, 0) is 29.3 Å². The Morgan fingerprint density at radius 3 is 2.50 bits per heavy atom. The second-order valence-electron chi connectivity index (χ2n) is 5.22. The molecular weight excluding hydrogens is 250 g/mol. The highest BCUT2D eigenvalue weighted by Crippen LogP contribution is 2.29. The molecule has 1 amide bonds. The molecule has 102 valence electrons. The molecule has 1 aliphatic heterocycles. The zero-order valence-corrected chi connectivity index (χ0v) is 11.4. The van der Waals surface area contributed by atoms with Gasteiger partial charge in [-0.2, -0.15) is 0 Å². The van der Waals surface area contributed by atoms with Crippen LogP contribution in [0.1, 0.15) is 34.3 Å². The summed E-state index contributed by atoms with van der Waals surface area (Å²) in [6.45, 7) is 2.74. The van der Waals surface area contributed by atoms with Gasteiger partial charge in [0, 0.05) is 23.8 Å². The molecule has 0 bridgehead atoms. The number of aliphatic hydroxyl groups is 1. The molecule has 0 saturated carbocycles. The topological polar surface area (TPSA) is 40.5 Å². The number of carbonyl (C=O) groups excluding carboxylic acids is 1. The highest BCUT2D eigenvalue weighted by atomic mass is 16.3. The van der Waals surface area contributed by atoms with E-state index in [0.29, 0.717) is 6.54 Å². The Balaban J connectivity index is 1.87. The maximum atomic E-state index is 12.4. The molecule has 0 unspecified atom stereocenters. The van der Waals surface area contributed by atoms with Gasteiger partial charge in [-0.15, -0.1) is 0 Å². The number of hydrogen-bond acceptors (Lipinski definition) is 2. The van der Waals surface area contributed by atoms with E-state index in [4.69, 9.17) is 5.11 Å². The van der Waals surface area contributed by atoms with Crippen LogP contribution in [0.15, 0.2) is 48.5 Å². The second-order valence-corrected chi connectivity index (χ2v) is 5.22. The zero-order valence-electron chi connectivity index (χ0n) is 11.4. The Kier molecular flexibility index (Phi) is 3.28. The Bertz CT molecular complexity index is 634. The van der Waals surface area contributed by atoms with E-state index in [1.54, 1.807) is 4.90 Å². The van der Waals surface area contributed by atoms with Crippen LogP contribution < -0.4 is 4.90 Å². The average Bonchev–Trinajstić information content (AvgIpc) is 2.84. The normalized spacial score (nSPS) is 15.3. The third kappa shape index (κ3) is 2.10. The van der Waals surface area contributed by atoms with Crippen molar-refractivity contribution in [1.82, 2.24) is 0 Å². The van der Waals surface area contributed by atoms with E-state index in [9.17, 15) is 4.79 Å². The molecule has 3 rings (SSSR count). The lowest BCUT2D eigenvalue weighted by molar-refractivity contribution is 0.0996. The van der Waals surface area contributed by atoms with Crippen molar-refractivity contribution in [2.24, 2.45) is 0 Å². The number of fused-ring (bicyclic) bond motifs is 1. The van der Waals surface area contributed by atoms with Crippen molar-refractivity contribution in [3.05, 3.63) is 65.2 Å². The largest absolute Gasteiger partial charge is 0.396 e. The molecule has 0 spiro atoms. The summed E-state index contributed by atoms with van der Waals surface area (Å²) in [4.78, 5) is 14.1. The highest BCUT2D eigenvalue weighted by Gasteiger charge is 2.27. The predicted octanol–water partition coefficient (Wildman–Crippen LogP) is 2.94. The number of rotatable bonds is 3. The quantitative estimate of drug-likeness (QED) is 0.928. The lowest BCUT2D eigenvalue weighted by atomic mass is 10.0. The van der Waals surface area contributed by atoms with Crippen LogP contribution in [0.2, 0.25) is 0 Å². The molecule has 2 aromatic rings. The summed E-state index contributed by atoms with van der Waals surface area (Å²) in [6, 6.07) is 15.6. The summed E-state index contributed by atoms with van der Waals surface area (Å²) in [5.74, 6) is 0.180. The van der Waals surface area contributed by atoms with E-state index >= 15 is 0 Å². The molecular formula is C17H17NO2. The number of nitrogens with zero attached hydrogens (tertiary/aromatic N) is 1. The fourth-order valence-corrected chi connectivity index (χ4v) is 2.55. The van der Waals surface area contributed by atoms with Gasteiger partial charge in [0.15, 0.2) is 0 Å². The standard InChI is InChI=1S/C17H17NO2/c1-12(11-19)13-6-8-15(9-7-13)18-10-14-4-2-3-5-16(14)17(18)20/h2-9,12,19H,10-11H2,1H3/t12-/m1/s1. The molecule has 1 atom stereocenters. The summed E-state index contributed by atoms with van der Waals surface area (Å²) in [6.07, 6.45) is 0. The van der Waals surface area contributed by atoms with Crippen molar-refractivity contribution in [2.75, 3.05) is 11.5 Å². The minimum Gasteiger partial charge on any atom is -0.396 e. The SMILES string of the molecule is C[C@H](CO)c1ccc(N2Cc3ccccc3C2=O)cc1. The Hall–Kier alpha value is -2.13. The first kappa shape index (κ1) is 12.9. The Labute approximate surface area is 118 Å². The zero-order chi connectivity index (χ0) is 14.1. The predicted molar refractivity (Wildman–Crippen MR) is 78.9 cm³/mol. The van der Waals surface area contributed by atoms with Crippen LogP contribution in [0.5, 0.6) is 0 Å². The van der Waals surface area contributed by atoms with Crippen LogP contribution >= 0.6 is 0 Å². The lowest BCUT2D eigenvalue weighted by Gasteiger charge is -2.17. The van der Waals surface area contributed by atoms with E-state index in [1.807, 2.05) is 55.5 Å². The molecule has 1 N–H and O–H groups in total. The van der Waals surface area contributed by atoms with Crippen LogP contribution in [0.3, 0.4) is 0 Å². The summed E-state index contributed by atoms with van der Waals surface area (Å²) >= 11 is 0. The summed E-state index contributed by atoms with van der Waals surface area (Å²) < 4.78 is 0. The third-order valence-electron chi connectivity index (χ3n) is 3.87. The molecule has 1 aliphatic rings. The van der Waals surface area contributed by atoms with Crippen molar-refractivity contribution in [2.45, 2.75) is 19.4 Å². The fourth-order valence-electron chi connectivity index (χ4n) is 2.55. The number of aliphatic hydroxyl groups excluding tert-OH is 1. The first-order chi connectivity index (χ1) is 9.70. The van der Waals surface area contributed by atoms with Crippen molar-refractivity contribution in [3.8, 4) is 0 Å². The monoisotopic (exact) mass is 267 g/mol. The van der Waals surface area contributed by atoms with Gasteiger partial charge in [0.05, 0.1) is 6.54 Å². The van der Waals surface area contributed by atoms with Crippen molar-refractivity contribution >= 4 is 11.6 Å². The fraction of sp³-hybridized carbons (Fsp3) is 0.235. The molecule has 0 radical (unpaired) electrons. The molecule has 3 nitrogen and oxygen atoms in total. The van der Waals surface area contributed by atoms with E-state index in [1.165, 1.54) is 0 Å². The maximum absolute atomic E-state index is 12.4. The van der Waals surface area contributed by atoms with Gasteiger partial charge < -0.3 is 10.0 Å². The summed E-state index contributed by atoms with van der Waals surface area (Å²) in [7, 11) is 0. The highest BCUT2D eigenvalue weighted by molar-refractivity contribution is 6.09. The van der Waals surface area contributed by atoms with Gasteiger partial charge in [0.25, 0.3) is 5.91 Å². The average molecular weight is 267 g/mol. The van der Waals surface area contributed by atoms with Crippen LogP contribution in [-0.2, 0) is 6.54 Å². The van der Waals surface area contributed by atoms with Crippen molar-refractivity contribution in [1.29, 1.82) is 0 Å². The minimum absolute atomic E-state index is 0.0588. The number of benzene rings is 2. The Morgan fingerprint density at radius 2 is 1.85 bits per heavy atom. The lowest BCUT2D eigenvalue weighted by Crippen LogP contribution is -2.22. The first-order valence-electron chi connectivity index (χ1n) is 6.81. The van der Waals surface area contributed by atoms with Crippen LogP contribution in [0, 0.1) is 0 Å². The number of hydrogen-bond donors (Lipinski definition) is 1. The van der Waals surface area contributed by atoms with Gasteiger partial charge in [0.1, 0.15) is 0 Å². The van der Waals surface area contributed by atoms with Gasteiger partial charge >= 0.3 is 0 Å². The van der Waals surface area contributed by atoms with Crippen LogP contribution in [0.4, 0.5) is 5.69 Å². The third-order valence-corrected chi connectivity index (χ3v) is 3.87. The number of anilines is 1. The summed E-state index contributed by atoms with van der Waals surface area (Å²) in [5.41, 5.74) is 3.85. The van der Waals surface area contributed by atoms with Crippen molar-refractivity contribution < 1.29 is 9.90 Å². The molecule has 0 aromatic heterocycles. The van der Waals surface area contributed by atoms with Crippen LogP contribution in [0.25, 0.3) is 0 Å². The molecule has 0 saturated heterocycles. The molecule has 1 heterocycles. The maximum Gasteiger partial charge on any atom is 0.258 e. The minimum atomic E-state index is 0.0588. The molecule has 20 heavy (non-hydrogen) atoms. The van der Waals surface area contributed by atoms with E-state index in [2.05, 4.69) is 0 Å². The smallest absolute Gasteiger partial charge is 0.258 e. The van der Waals surface area contributed by atoms with E-state index < -0.39 is 0 Å². The Morgan fingerprint density at radius 1 is 1.15 bits per heavy atom. The number of carbonyl (C=O) groups is 1. The summed E-state index contributed by atoms with van der Waals surface area (Å²) in [5, 5.41) is 9.16.